The van der Waals surface area contributed by atoms with Gasteiger partial charge in [-0.25, -0.2) is 0 Å². The van der Waals surface area contributed by atoms with Gasteiger partial charge in [0.1, 0.15) is 5.75 Å². The summed E-state index contributed by atoms with van der Waals surface area (Å²) in [7, 11) is 0. The first kappa shape index (κ1) is 12.2. The molecule has 1 saturated carbocycles. The zero-order valence-corrected chi connectivity index (χ0v) is 10.5. The van der Waals surface area contributed by atoms with Crippen LogP contribution in [-0.2, 0) is 6.42 Å². The monoisotopic (exact) mass is 231 g/mol. The standard InChI is InChI=1S/C15H21NO/c1-2-12(10-16)8-14-4-3-5-15(9-14)17-11-13-6-7-13/h2-5,9,13H,6-8,10-11,16H2,1H3/b12-2-. The number of ether oxygens (including phenoxy) is 1. The van der Waals surface area contributed by atoms with Crippen molar-refractivity contribution in [2.45, 2.75) is 26.2 Å². The van der Waals surface area contributed by atoms with E-state index < -0.39 is 0 Å². The summed E-state index contributed by atoms with van der Waals surface area (Å²) in [5, 5.41) is 0. The Bertz CT molecular complexity index is 394. The minimum absolute atomic E-state index is 0.629. The zero-order valence-electron chi connectivity index (χ0n) is 10.5. The molecule has 1 aliphatic carbocycles. The number of nitrogens with two attached hydrogens (primary N) is 1. The van der Waals surface area contributed by atoms with Crippen molar-refractivity contribution < 1.29 is 4.74 Å². The molecule has 1 aromatic carbocycles. The number of hydrogen-bond acceptors (Lipinski definition) is 2. The average molecular weight is 231 g/mol. The van der Waals surface area contributed by atoms with Gasteiger partial charge >= 0.3 is 0 Å². The molecule has 2 rings (SSSR count). The Morgan fingerprint density at radius 1 is 1.47 bits per heavy atom. The van der Waals surface area contributed by atoms with E-state index in [0.717, 1.165) is 24.7 Å². The van der Waals surface area contributed by atoms with Gasteiger partial charge in [-0.3, -0.25) is 0 Å². The van der Waals surface area contributed by atoms with E-state index in [1.54, 1.807) is 0 Å². The highest BCUT2D eigenvalue weighted by molar-refractivity contribution is 5.31. The highest BCUT2D eigenvalue weighted by Gasteiger charge is 2.21. The van der Waals surface area contributed by atoms with E-state index >= 15 is 0 Å². The van der Waals surface area contributed by atoms with Crippen molar-refractivity contribution in [3.05, 3.63) is 41.5 Å². The molecule has 0 atom stereocenters. The molecule has 1 aliphatic rings. The fourth-order valence-electron chi connectivity index (χ4n) is 1.80. The van der Waals surface area contributed by atoms with Crippen LogP contribution in [0.5, 0.6) is 5.75 Å². The molecule has 0 spiro atoms. The summed E-state index contributed by atoms with van der Waals surface area (Å²) in [4.78, 5) is 0. The van der Waals surface area contributed by atoms with E-state index in [4.69, 9.17) is 10.5 Å². The van der Waals surface area contributed by atoms with Crippen LogP contribution in [0.1, 0.15) is 25.3 Å². The average Bonchev–Trinajstić information content (AvgIpc) is 3.18. The lowest BCUT2D eigenvalue weighted by molar-refractivity contribution is 0.299. The molecule has 2 N–H and O–H groups in total. The first-order chi connectivity index (χ1) is 8.31. The summed E-state index contributed by atoms with van der Waals surface area (Å²) in [6.07, 6.45) is 5.68. The Kier molecular flexibility index (Phi) is 4.21. The quantitative estimate of drug-likeness (QED) is 0.764. The first-order valence-corrected chi connectivity index (χ1v) is 6.37. The van der Waals surface area contributed by atoms with Crippen LogP contribution in [0, 0.1) is 5.92 Å². The Labute approximate surface area is 103 Å². The van der Waals surface area contributed by atoms with E-state index in [9.17, 15) is 0 Å². The van der Waals surface area contributed by atoms with Gasteiger partial charge in [0.15, 0.2) is 0 Å². The van der Waals surface area contributed by atoms with Crippen LogP contribution in [-0.4, -0.2) is 13.2 Å². The van der Waals surface area contributed by atoms with E-state index in [0.29, 0.717) is 6.54 Å². The second kappa shape index (κ2) is 5.87. The van der Waals surface area contributed by atoms with Gasteiger partial charge in [-0.05, 0) is 49.8 Å². The third kappa shape index (κ3) is 3.90. The van der Waals surface area contributed by atoms with Crippen molar-refractivity contribution in [2.75, 3.05) is 13.2 Å². The maximum Gasteiger partial charge on any atom is 0.119 e. The second-order valence-corrected chi connectivity index (χ2v) is 4.73. The highest BCUT2D eigenvalue weighted by atomic mass is 16.5. The molecule has 17 heavy (non-hydrogen) atoms. The number of allylic oxidation sites excluding steroid dienone is 1. The molecular formula is C15H21NO. The molecular weight excluding hydrogens is 210 g/mol. The van der Waals surface area contributed by atoms with Crippen LogP contribution >= 0.6 is 0 Å². The molecule has 0 unspecified atom stereocenters. The summed E-state index contributed by atoms with van der Waals surface area (Å²) in [6.45, 7) is 3.54. The second-order valence-electron chi connectivity index (χ2n) is 4.73. The summed E-state index contributed by atoms with van der Waals surface area (Å²) < 4.78 is 5.77. The number of hydrogen-bond donors (Lipinski definition) is 1. The first-order valence-electron chi connectivity index (χ1n) is 6.37. The zero-order chi connectivity index (χ0) is 12.1. The summed E-state index contributed by atoms with van der Waals surface area (Å²) in [5.41, 5.74) is 8.22. The summed E-state index contributed by atoms with van der Waals surface area (Å²) in [5.74, 6) is 1.79. The van der Waals surface area contributed by atoms with Gasteiger partial charge < -0.3 is 10.5 Å². The summed E-state index contributed by atoms with van der Waals surface area (Å²) >= 11 is 0. The third-order valence-electron chi connectivity index (χ3n) is 3.18. The van der Waals surface area contributed by atoms with Gasteiger partial charge in [0.25, 0.3) is 0 Å². The molecule has 2 nitrogen and oxygen atoms in total. The van der Waals surface area contributed by atoms with E-state index in [1.165, 1.54) is 24.0 Å². The van der Waals surface area contributed by atoms with Gasteiger partial charge in [0.2, 0.25) is 0 Å². The Balaban J connectivity index is 1.94. The number of rotatable bonds is 6. The lowest BCUT2D eigenvalue weighted by Crippen LogP contribution is -2.05. The maximum absolute atomic E-state index is 5.77. The molecule has 0 aliphatic heterocycles. The largest absolute Gasteiger partial charge is 0.493 e. The molecule has 1 fully saturated rings. The van der Waals surface area contributed by atoms with Crippen molar-refractivity contribution in [3.63, 3.8) is 0 Å². The molecule has 0 saturated heterocycles. The van der Waals surface area contributed by atoms with Crippen LogP contribution in [0.3, 0.4) is 0 Å². The Morgan fingerprint density at radius 2 is 2.29 bits per heavy atom. The molecule has 2 heteroatoms. The Hall–Kier alpha value is -1.28. The van der Waals surface area contributed by atoms with Gasteiger partial charge in [0, 0.05) is 6.54 Å². The van der Waals surface area contributed by atoms with Crippen LogP contribution in [0.15, 0.2) is 35.9 Å². The molecule has 0 amide bonds. The predicted octanol–water partition coefficient (Wildman–Crippen LogP) is 2.92. The minimum Gasteiger partial charge on any atom is -0.493 e. The van der Waals surface area contributed by atoms with Crippen molar-refractivity contribution in [1.82, 2.24) is 0 Å². The lowest BCUT2D eigenvalue weighted by atomic mass is 10.1. The van der Waals surface area contributed by atoms with Crippen LogP contribution in [0.4, 0.5) is 0 Å². The van der Waals surface area contributed by atoms with Crippen molar-refractivity contribution in [2.24, 2.45) is 11.7 Å². The molecule has 92 valence electrons. The van der Waals surface area contributed by atoms with Crippen molar-refractivity contribution >= 4 is 0 Å². The smallest absolute Gasteiger partial charge is 0.119 e. The predicted molar refractivity (Wildman–Crippen MR) is 71.2 cm³/mol. The lowest BCUT2D eigenvalue weighted by Gasteiger charge is -2.08. The van der Waals surface area contributed by atoms with E-state index in [-0.39, 0.29) is 0 Å². The molecule has 0 bridgehead atoms. The van der Waals surface area contributed by atoms with Gasteiger partial charge in [-0.2, -0.15) is 0 Å². The van der Waals surface area contributed by atoms with Crippen LogP contribution in [0.2, 0.25) is 0 Å². The molecule has 0 radical (unpaired) electrons. The third-order valence-corrected chi connectivity index (χ3v) is 3.18. The molecule has 0 aromatic heterocycles. The van der Waals surface area contributed by atoms with Gasteiger partial charge in [-0.1, -0.05) is 23.8 Å². The molecule has 0 heterocycles. The van der Waals surface area contributed by atoms with Gasteiger partial charge in [-0.15, -0.1) is 0 Å². The molecule has 1 aromatic rings. The maximum atomic E-state index is 5.77. The summed E-state index contributed by atoms with van der Waals surface area (Å²) in [6, 6.07) is 8.34. The van der Waals surface area contributed by atoms with Crippen molar-refractivity contribution in [1.29, 1.82) is 0 Å². The fourth-order valence-corrected chi connectivity index (χ4v) is 1.80. The highest BCUT2D eigenvalue weighted by Crippen LogP contribution is 2.29. The SMILES string of the molecule is C/C=C(\CN)Cc1cccc(OCC2CC2)c1. The normalized spacial score (nSPS) is 16.0. The van der Waals surface area contributed by atoms with Crippen LogP contribution in [0.25, 0.3) is 0 Å². The number of benzene rings is 1. The topological polar surface area (TPSA) is 35.2 Å². The van der Waals surface area contributed by atoms with Gasteiger partial charge in [0.05, 0.1) is 6.61 Å². The van der Waals surface area contributed by atoms with E-state index in [2.05, 4.69) is 24.3 Å². The Morgan fingerprint density at radius 3 is 2.94 bits per heavy atom. The van der Waals surface area contributed by atoms with E-state index in [1.807, 2.05) is 13.0 Å². The minimum atomic E-state index is 0.629. The van der Waals surface area contributed by atoms with Crippen molar-refractivity contribution in [3.8, 4) is 5.75 Å². The fraction of sp³-hybridized carbons (Fsp3) is 0.467. The van der Waals surface area contributed by atoms with Crippen LogP contribution < -0.4 is 10.5 Å².